The van der Waals surface area contributed by atoms with E-state index in [9.17, 15) is 9.59 Å². The van der Waals surface area contributed by atoms with E-state index in [2.05, 4.69) is 0 Å². The summed E-state index contributed by atoms with van der Waals surface area (Å²) in [5, 5.41) is 0. The SMILES string of the molecule is CC1(C)C2C(=O)N(CC(N)C3CC3)C(=O)C21. The maximum atomic E-state index is 12.0. The van der Waals surface area contributed by atoms with Crippen LogP contribution >= 0.6 is 0 Å². The van der Waals surface area contributed by atoms with Crippen molar-refractivity contribution in [3.05, 3.63) is 0 Å². The Morgan fingerprint density at radius 1 is 1.31 bits per heavy atom. The van der Waals surface area contributed by atoms with Gasteiger partial charge in [0.2, 0.25) is 11.8 Å². The fourth-order valence-electron chi connectivity index (χ4n) is 3.07. The molecule has 1 saturated heterocycles. The first-order valence-electron chi connectivity index (χ1n) is 6.05. The van der Waals surface area contributed by atoms with Gasteiger partial charge in [-0.15, -0.1) is 0 Å². The summed E-state index contributed by atoms with van der Waals surface area (Å²) in [4.78, 5) is 25.4. The van der Waals surface area contributed by atoms with Crippen molar-refractivity contribution in [2.24, 2.45) is 28.9 Å². The quantitative estimate of drug-likeness (QED) is 0.701. The molecule has 16 heavy (non-hydrogen) atoms. The third kappa shape index (κ3) is 1.19. The molecular formula is C12H18N2O2. The van der Waals surface area contributed by atoms with Crippen LogP contribution in [0.5, 0.6) is 0 Å². The molecule has 0 aromatic carbocycles. The van der Waals surface area contributed by atoms with Crippen LogP contribution in [0.15, 0.2) is 0 Å². The topological polar surface area (TPSA) is 63.4 Å². The number of nitrogens with two attached hydrogens (primary N) is 1. The highest BCUT2D eigenvalue weighted by atomic mass is 16.2. The van der Waals surface area contributed by atoms with Crippen molar-refractivity contribution in [1.82, 2.24) is 4.90 Å². The lowest BCUT2D eigenvalue weighted by molar-refractivity contribution is -0.143. The highest BCUT2D eigenvalue weighted by Gasteiger charge is 2.72. The van der Waals surface area contributed by atoms with Crippen LogP contribution in [0.2, 0.25) is 0 Å². The lowest BCUT2D eigenvalue weighted by Gasteiger charge is -2.23. The number of hydrogen-bond donors (Lipinski definition) is 1. The molecule has 0 aromatic rings. The van der Waals surface area contributed by atoms with E-state index in [4.69, 9.17) is 5.73 Å². The van der Waals surface area contributed by atoms with E-state index >= 15 is 0 Å². The first kappa shape index (κ1) is 10.3. The minimum Gasteiger partial charge on any atom is -0.326 e. The van der Waals surface area contributed by atoms with Crippen LogP contribution in [0.25, 0.3) is 0 Å². The zero-order valence-electron chi connectivity index (χ0n) is 9.77. The molecular weight excluding hydrogens is 204 g/mol. The Bertz CT molecular complexity index is 349. The molecule has 4 heteroatoms. The van der Waals surface area contributed by atoms with Crippen LogP contribution in [-0.2, 0) is 9.59 Å². The monoisotopic (exact) mass is 222 g/mol. The number of carbonyl (C=O) groups excluding carboxylic acids is 2. The third-order valence-corrected chi connectivity index (χ3v) is 4.51. The fourth-order valence-corrected chi connectivity index (χ4v) is 3.07. The zero-order chi connectivity index (χ0) is 11.7. The number of carbonyl (C=O) groups is 2. The van der Waals surface area contributed by atoms with Gasteiger partial charge in [-0.1, -0.05) is 13.8 Å². The Balaban J connectivity index is 1.70. The van der Waals surface area contributed by atoms with E-state index in [1.54, 1.807) is 0 Å². The van der Waals surface area contributed by atoms with Crippen LogP contribution in [0.4, 0.5) is 0 Å². The highest BCUT2D eigenvalue weighted by Crippen LogP contribution is 2.63. The van der Waals surface area contributed by atoms with Gasteiger partial charge in [-0.3, -0.25) is 14.5 Å². The van der Waals surface area contributed by atoms with Crippen molar-refractivity contribution >= 4 is 11.8 Å². The molecule has 3 rings (SSSR count). The molecule has 3 aliphatic rings. The van der Waals surface area contributed by atoms with E-state index in [1.807, 2.05) is 13.8 Å². The van der Waals surface area contributed by atoms with Crippen LogP contribution in [0.1, 0.15) is 26.7 Å². The van der Waals surface area contributed by atoms with Gasteiger partial charge in [-0.2, -0.15) is 0 Å². The zero-order valence-corrected chi connectivity index (χ0v) is 9.77. The maximum absolute atomic E-state index is 12.0. The molecule has 2 N–H and O–H groups in total. The van der Waals surface area contributed by atoms with Crippen molar-refractivity contribution in [2.75, 3.05) is 6.54 Å². The minimum atomic E-state index is -0.103. The number of likely N-dealkylation sites (tertiary alicyclic amines) is 1. The van der Waals surface area contributed by atoms with Crippen molar-refractivity contribution in [3.8, 4) is 0 Å². The Morgan fingerprint density at radius 3 is 2.25 bits per heavy atom. The van der Waals surface area contributed by atoms with Gasteiger partial charge in [0.1, 0.15) is 0 Å². The Kier molecular flexibility index (Phi) is 1.83. The number of fused-ring (bicyclic) bond motifs is 1. The van der Waals surface area contributed by atoms with Crippen molar-refractivity contribution < 1.29 is 9.59 Å². The molecule has 3 atom stereocenters. The Morgan fingerprint density at radius 2 is 1.81 bits per heavy atom. The molecule has 2 amide bonds. The molecule has 0 bridgehead atoms. The van der Waals surface area contributed by atoms with Gasteiger partial charge >= 0.3 is 0 Å². The summed E-state index contributed by atoms with van der Waals surface area (Å²) in [5.41, 5.74) is 5.86. The minimum absolute atomic E-state index is 0.00601. The summed E-state index contributed by atoms with van der Waals surface area (Å²) < 4.78 is 0. The summed E-state index contributed by atoms with van der Waals surface area (Å²) in [5.74, 6) is 0.426. The normalized spacial score (nSPS) is 37.6. The molecule has 0 aromatic heterocycles. The molecule has 3 unspecified atom stereocenters. The first-order valence-corrected chi connectivity index (χ1v) is 6.05. The van der Waals surface area contributed by atoms with Gasteiger partial charge in [-0.25, -0.2) is 0 Å². The standard InChI is InChI=1S/C12H18N2O2/c1-12(2)8-9(12)11(16)14(10(8)15)5-7(13)6-3-4-6/h6-9H,3-5,13H2,1-2H3. The van der Waals surface area contributed by atoms with Crippen LogP contribution in [0.3, 0.4) is 0 Å². The van der Waals surface area contributed by atoms with Crippen molar-refractivity contribution in [3.63, 3.8) is 0 Å². The summed E-state index contributed by atoms with van der Waals surface area (Å²) in [6.07, 6.45) is 2.30. The van der Waals surface area contributed by atoms with E-state index in [1.165, 1.54) is 4.90 Å². The lowest BCUT2D eigenvalue weighted by atomic mass is 10.0. The third-order valence-electron chi connectivity index (χ3n) is 4.51. The summed E-state index contributed by atoms with van der Waals surface area (Å²) in [6, 6.07) is -0.00601. The van der Waals surface area contributed by atoms with Crippen molar-refractivity contribution in [1.29, 1.82) is 0 Å². The number of piperidine rings is 1. The van der Waals surface area contributed by atoms with Gasteiger partial charge in [0.05, 0.1) is 11.8 Å². The average molecular weight is 222 g/mol. The molecule has 2 saturated carbocycles. The van der Waals surface area contributed by atoms with E-state index in [0.717, 1.165) is 12.8 Å². The molecule has 0 radical (unpaired) electrons. The lowest BCUT2D eigenvalue weighted by Crippen LogP contribution is -2.44. The molecule has 1 heterocycles. The number of rotatable bonds is 3. The number of hydrogen-bond acceptors (Lipinski definition) is 3. The van der Waals surface area contributed by atoms with Gasteiger partial charge in [-0.05, 0) is 24.2 Å². The van der Waals surface area contributed by atoms with Crippen LogP contribution in [-0.4, -0.2) is 29.3 Å². The average Bonchev–Trinajstić information content (AvgIpc) is 3.05. The van der Waals surface area contributed by atoms with E-state index < -0.39 is 0 Å². The van der Waals surface area contributed by atoms with Gasteiger partial charge in [0, 0.05) is 12.6 Å². The molecule has 2 aliphatic carbocycles. The second kappa shape index (κ2) is 2.86. The fraction of sp³-hybridized carbons (Fsp3) is 0.833. The number of imide groups is 1. The molecule has 4 nitrogen and oxygen atoms in total. The van der Waals surface area contributed by atoms with Gasteiger partial charge in [0.15, 0.2) is 0 Å². The van der Waals surface area contributed by atoms with E-state index in [0.29, 0.717) is 12.5 Å². The molecule has 88 valence electrons. The number of nitrogens with zero attached hydrogens (tertiary/aromatic N) is 1. The molecule has 1 aliphatic heterocycles. The number of amides is 2. The molecule has 0 spiro atoms. The molecule has 3 fully saturated rings. The summed E-state index contributed by atoms with van der Waals surface area (Å²) in [7, 11) is 0. The van der Waals surface area contributed by atoms with Crippen molar-refractivity contribution in [2.45, 2.75) is 32.7 Å². The largest absolute Gasteiger partial charge is 0.326 e. The highest BCUT2D eigenvalue weighted by molar-refractivity contribution is 6.10. The van der Waals surface area contributed by atoms with Gasteiger partial charge < -0.3 is 5.73 Å². The smallest absolute Gasteiger partial charge is 0.233 e. The van der Waals surface area contributed by atoms with Crippen LogP contribution < -0.4 is 5.73 Å². The predicted molar refractivity (Wildman–Crippen MR) is 58.2 cm³/mol. The van der Waals surface area contributed by atoms with E-state index in [-0.39, 0.29) is 35.1 Å². The second-order valence-corrected chi connectivity index (χ2v) is 6.07. The Hall–Kier alpha value is -0.900. The second-order valence-electron chi connectivity index (χ2n) is 6.07. The first-order chi connectivity index (χ1) is 7.44. The summed E-state index contributed by atoms with van der Waals surface area (Å²) >= 11 is 0. The van der Waals surface area contributed by atoms with Gasteiger partial charge in [0.25, 0.3) is 0 Å². The predicted octanol–water partition coefficient (Wildman–Crippen LogP) is 0.365. The Labute approximate surface area is 95.2 Å². The van der Waals surface area contributed by atoms with Crippen LogP contribution in [0, 0.1) is 23.2 Å². The maximum Gasteiger partial charge on any atom is 0.233 e. The summed E-state index contributed by atoms with van der Waals surface area (Å²) in [6.45, 7) is 4.43.